The molecule has 8 nitrogen and oxygen atoms in total. The molecule has 8 heteroatoms. The minimum Gasteiger partial charge on any atom is -0.504 e. The van der Waals surface area contributed by atoms with E-state index in [1.807, 2.05) is 0 Å². The third kappa shape index (κ3) is 6.19. The average Bonchev–Trinajstić information content (AvgIpc) is 2.64. The number of benzene rings is 2. The lowest BCUT2D eigenvalue weighted by molar-refractivity contribution is -0.497. The van der Waals surface area contributed by atoms with Crippen LogP contribution in [-0.4, -0.2) is 34.0 Å². The fourth-order valence-corrected chi connectivity index (χ4v) is 2.11. The van der Waals surface area contributed by atoms with Crippen LogP contribution in [0.4, 0.5) is 0 Å². The van der Waals surface area contributed by atoms with E-state index in [9.17, 15) is 9.90 Å². The molecule has 0 radical (unpaired) electrons. The number of carbonyl (C=O) groups excluding carboxylic acids is 1. The summed E-state index contributed by atoms with van der Waals surface area (Å²) in [6, 6.07) is 11.6. The molecule has 0 unspecified atom stereocenters. The number of methoxy groups -OCH3 is 1. The van der Waals surface area contributed by atoms with Crippen molar-refractivity contribution in [1.29, 1.82) is 0 Å². The normalized spacial score (nSPS) is 11.1. The molecule has 0 amide bonds. The Bertz CT molecular complexity index is 774. The van der Waals surface area contributed by atoms with Crippen LogP contribution in [0.1, 0.15) is 16.7 Å². The van der Waals surface area contributed by atoms with E-state index in [0.29, 0.717) is 16.9 Å². The van der Waals surface area contributed by atoms with Crippen LogP contribution in [0.2, 0.25) is 0 Å². The van der Waals surface area contributed by atoms with Gasteiger partial charge in [0, 0.05) is 6.08 Å². The van der Waals surface area contributed by atoms with Crippen molar-refractivity contribution in [3.8, 4) is 11.5 Å². The van der Waals surface area contributed by atoms with Crippen LogP contribution in [0.25, 0.3) is 6.08 Å². The van der Waals surface area contributed by atoms with Crippen molar-refractivity contribution in [1.82, 2.24) is 5.39 Å². The van der Waals surface area contributed by atoms with E-state index in [-0.39, 0.29) is 24.4 Å². The summed E-state index contributed by atoms with van der Waals surface area (Å²) in [5.41, 5.74) is 2.08. The molecule has 138 valence electrons. The number of rotatable bonds is 8. The van der Waals surface area contributed by atoms with Crippen LogP contribution in [0.15, 0.2) is 48.5 Å². The number of phenolic OH excluding ortho intramolecular Hbond substituents is 1. The van der Waals surface area contributed by atoms with Crippen molar-refractivity contribution in [3.05, 3.63) is 65.2 Å². The highest BCUT2D eigenvalue weighted by molar-refractivity contribution is 5.87. The second-order valence-corrected chi connectivity index (χ2v) is 5.22. The molecule has 0 bridgehead atoms. The highest BCUT2D eigenvalue weighted by Crippen LogP contribution is 2.26. The summed E-state index contributed by atoms with van der Waals surface area (Å²) in [5, 5.41) is 26.2. The lowest BCUT2D eigenvalue weighted by atomic mass is 10.1. The molecule has 0 heterocycles. The third-order valence-corrected chi connectivity index (χ3v) is 3.33. The molecule has 0 fully saturated rings. The third-order valence-electron chi connectivity index (χ3n) is 3.33. The molecule has 0 saturated heterocycles. The lowest BCUT2D eigenvalue weighted by Crippen LogP contribution is -2.13. The molecule has 2 aromatic rings. The zero-order valence-electron chi connectivity index (χ0n) is 14.0. The van der Waals surface area contributed by atoms with Crippen LogP contribution in [0.3, 0.4) is 0 Å². The van der Waals surface area contributed by atoms with Gasteiger partial charge in [-0.15, -0.1) is 0 Å². The van der Waals surface area contributed by atoms with Gasteiger partial charge in [-0.1, -0.05) is 30.3 Å². The summed E-state index contributed by atoms with van der Waals surface area (Å²) >= 11 is 0. The standard InChI is InChI=1S/C18H19NO7/c1-24-17-10-13(5-7-16(17)20)6-8-18(21)25-11-14-3-2-4-15(9-14)12-26-19(22)23/h2-10,20,22-23H,11-12H2,1H3/b8-6+. The summed E-state index contributed by atoms with van der Waals surface area (Å²) in [7, 11) is 1.44. The van der Waals surface area contributed by atoms with E-state index in [1.165, 1.54) is 19.3 Å². The molecule has 0 aliphatic rings. The Balaban J connectivity index is 1.89. The maximum atomic E-state index is 11.8. The van der Waals surface area contributed by atoms with Crippen LogP contribution in [0, 0.1) is 0 Å². The predicted molar refractivity (Wildman–Crippen MR) is 90.1 cm³/mol. The smallest absolute Gasteiger partial charge is 0.331 e. The average molecular weight is 361 g/mol. The van der Waals surface area contributed by atoms with Gasteiger partial charge in [-0.2, -0.15) is 0 Å². The van der Waals surface area contributed by atoms with Crippen molar-refractivity contribution in [2.75, 3.05) is 7.11 Å². The Hall–Kier alpha value is -2.91. The SMILES string of the molecule is COc1cc(/C=C/C(=O)OCc2cccc(CON(O)O)c2)ccc1O. The molecular formula is C18H19NO7. The van der Waals surface area contributed by atoms with Gasteiger partial charge < -0.3 is 14.6 Å². The van der Waals surface area contributed by atoms with Gasteiger partial charge in [0.25, 0.3) is 0 Å². The number of aromatic hydroxyl groups is 1. The monoisotopic (exact) mass is 361 g/mol. The zero-order chi connectivity index (χ0) is 18.9. The van der Waals surface area contributed by atoms with Gasteiger partial charge in [0.15, 0.2) is 11.5 Å². The van der Waals surface area contributed by atoms with E-state index >= 15 is 0 Å². The summed E-state index contributed by atoms with van der Waals surface area (Å²) in [6.07, 6.45) is 2.82. The number of phenols is 1. The Morgan fingerprint density at radius 2 is 1.85 bits per heavy atom. The molecule has 3 N–H and O–H groups in total. The van der Waals surface area contributed by atoms with Gasteiger partial charge in [0.2, 0.25) is 0 Å². The Morgan fingerprint density at radius 3 is 2.54 bits per heavy atom. The molecule has 2 aromatic carbocycles. The zero-order valence-corrected chi connectivity index (χ0v) is 14.0. The fraction of sp³-hybridized carbons (Fsp3) is 0.167. The van der Waals surface area contributed by atoms with Gasteiger partial charge in [0.05, 0.1) is 19.1 Å². The van der Waals surface area contributed by atoms with Gasteiger partial charge in [-0.05, 0) is 34.9 Å². The first kappa shape index (κ1) is 19.4. The number of hydrogen-bond acceptors (Lipinski definition) is 8. The van der Waals surface area contributed by atoms with Crippen LogP contribution >= 0.6 is 0 Å². The summed E-state index contributed by atoms with van der Waals surface area (Å²) < 4.78 is 10.2. The first-order valence-corrected chi connectivity index (χ1v) is 7.58. The van der Waals surface area contributed by atoms with Crippen molar-refractivity contribution in [2.45, 2.75) is 13.2 Å². The second-order valence-electron chi connectivity index (χ2n) is 5.22. The summed E-state index contributed by atoms with van der Waals surface area (Å²) in [5.74, 6) is -0.207. The van der Waals surface area contributed by atoms with Crippen LogP contribution < -0.4 is 4.74 Å². The Kier molecular flexibility index (Phi) is 7.12. The summed E-state index contributed by atoms with van der Waals surface area (Å²) in [4.78, 5) is 16.3. The van der Waals surface area contributed by atoms with Crippen molar-refractivity contribution in [2.24, 2.45) is 0 Å². The highest BCUT2D eigenvalue weighted by atomic mass is 17.1. The largest absolute Gasteiger partial charge is 0.504 e. The number of ether oxygens (including phenoxy) is 2. The van der Waals surface area contributed by atoms with E-state index < -0.39 is 5.97 Å². The predicted octanol–water partition coefficient (Wildman–Crippen LogP) is 2.67. The molecule has 26 heavy (non-hydrogen) atoms. The van der Waals surface area contributed by atoms with Gasteiger partial charge in [-0.25, -0.2) is 9.63 Å². The maximum Gasteiger partial charge on any atom is 0.331 e. The first-order chi connectivity index (χ1) is 12.5. The molecule has 0 aliphatic heterocycles. The number of esters is 1. The van der Waals surface area contributed by atoms with E-state index in [0.717, 1.165) is 5.56 Å². The van der Waals surface area contributed by atoms with E-state index in [1.54, 1.807) is 42.5 Å². The molecule has 0 spiro atoms. The number of hydrogen-bond donors (Lipinski definition) is 3. The summed E-state index contributed by atoms with van der Waals surface area (Å²) in [6.45, 7) is 0.00918. The molecule has 0 atom stereocenters. The van der Waals surface area contributed by atoms with Gasteiger partial charge in [-0.3, -0.25) is 10.4 Å². The van der Waals surface area contributed by atoms with Crippen molar-refractivity contribution in [3.63, 3.8) is 0 Å². The van der Waals surface area contributed by atoms with E-state index in [2.05, 4.69) is 4.84 Å². The minimum atomic E-state index is -0.532. The molecular weight excluding hydrogens is 342 g/mol. The second kappa shape index (κ2) is 9.54. The minimum absolute atomic E-state index is 0.0154. The van der Waals surface area contributed by atoms with E-state index in [4.69, 9.17) is 19.9 Å². The molecule has 2 rings (SSSR count). The highest BCUT2D eigenvalue weighted by Gasteiger charge is 2.04. The Labute approximate surface area is 149 Å². The molecule has 0 aromatic heterocycles. The van der Waals surface area contributed by atoms with Crippen molar-refractivity contribution >= 4 is 12.0 Å². The quantitative estimate of drug-likeness (QED) is 0.374. The number of nitrogens with zero attached hydrogens (tertiary/aromatic N) is 1. The first-order valence-electron chi connectivity index (χ1n) is 7.58. The molecule has 0 aliphatic carbocycles. The molecule has 0 saturated carbocycles. The van der Waals surface area contributed by atoms with Crippen LogP contribution in [-0.2, 0) is 27.6 Å². The van der Waals surface area contributed by atoms with Gasteiger partial charge in [0.1, 0.15) is 6.61 Å². The van der Waals surface area contributed by atoms with Crippen LogP contribution in [0.5, 0.6) is 11.5 Å². The maximum absolute atomic E-state index is 11.8. The van der Waals surface area contributed by atoms with Gasteiger partial charge >= 0.3 is 5.97 Å². The topological polar surface area (TPSA) is 109 Å². The number of carbonyl (C=O) groups is 1. The lowest BCUT2D eigenvalue weighted by Gasteiger charge is -2.08. The fourth-order valence-electron chi connectivity index (χ4n) is 2.11. The van der Waals surface area contributed by atoms with Crippen molar-refractivity contribution < 1.29 is 34.6 Å². The Morgan fingerprint density at radius 1 is 1.12 bits per heavy atom.